The zero-order valence-electron chi connectivity index (χ0n) is 13.5. The van der Waals surface area contributed by atoms with Crippen LogP contribution < -0.4 is 10.6 Å². The lowest BCUT2D eigenvalue weighted by Gasteiger charge is -2.24. The molecular weight excluding hydrogens is 266 g/mol. The molecule has 0 aliphatic heterocycles. The summed E-state index contributed by atoms with van der Waals surface area (Å²) < 4.78 is 0. The molecule has 0 aromatic heterocycles. The van der Waals surface area contributed by atoms with Crippen LogP contribution in [0, 0.1) is 0 Å². The second-order valence-electron chi connectivity index (χ2n) is 5.77. The van der Waals surface area contributed by atoms with E-state index in [-0.39, 0.29) is 11.8 Å². The number of carbonyl (C=O) groups is 2. The minimum atomic E-state index is -0.617. The number of rotatable bonds is 6. The summed E-state index contributed by atoms with van der Waals surface area (Å²) in [5, 5.41) is 6.00. The van der Waals surface area contributed by atoms with E-state index in [9.17, 15) is 9.59 Å². The lowest BCUT2D eigenvalue weighted by molar-refractivity contribution is -0.128. The number of anilines is 1. The van der Waals surface area contributed by atoms with Crippen LogP contribution in [0.5, 0.6) is 0 Å². The van der Waals surface area contributed by atoms with E-state index in [4.69, 9.17) is 0 Å². The van der Waals surface area contributed by atoms with Gasteiger partial charge in [0, 0.05) is 19.8 Å². The highest BCUT2D eigenvalue weighted by molar-refractivity contribution is 5.97. The normalized spacial score (nSPS) is 11.1. The highest BCUT2D eigenvalue weighted by atomic mass is 16.2. The molecule has 116 valence electrons. The first-order valence-electron chi connectivity index (χ1n) is 7.12. The van der Waals surface area contributed by atoms with Crippen LogP contribution in [-0.4, -0.2) is 42.9 Å². The Bertz CT molecular complexity index is 493. The first kappa shape index (κ1) is 17.2. The monoisotopic (exact) mass is 291 g/mol. The Labute approximate surface area is 126 Å². The molecule has 0 saturated heterocycles. The van der Waals surface area contributed by atoms with E-state index < -0.39 is 5.54 Å². The summed E-state index contributed by atoms with van der Waals surface area (Å²) in [5.74, 6) is -0.0264. The molecule has 0 atom stereocenters. The number of nitrogens with zero attached hydrogens (tertiary/aromatic N) is 1. The fraction of sp³-hybridized carbons (Fsp3) is 0.500. The lowest BCUT2D eigenvalue weighted by Crippen LogP contribution is -2.49. The molecule has 0 bridgehead atoms. The van der Waals surface area contributed by atoms with E-state index >= 15 is 0 Å². The molecule has 0 radical (unpaired) electrons. The van der Waals surface area contributed by atoms with Crippen LogP contribution in [0.1, 0.15) is 26.3 Å². The molecule has 0 spiro atoms. The zero-order chi connectivity index (χ0) is 16.0. The number of benzene rings is 1. The summed E-state index contributed by atoms with van der Waals surface area (Å²) in [5.41, 5.74) is 1.04. The van der Waals surface area contributed by atoms with Crippen molar-refractivity contribution in [1.29, 1.82) is 0 Å². The fourth-order valence-electron chi connectivity index (χ4n) is 1.85. The number of nitrogens with one attached hydrogen (secondary N) is 2. The summed E-state index contributed by atoms with van der Waals surface area (Å²) in [7, 11) is 3.47. The maximum absolute atomic E-state index is 12.1. The molecule has 1 aromatic rings. The van der Waals surface area contributed by atoms with E-state index in [2.05, 4.69) is 10.6 Å². The van der Waals surface area contributed by atoms with Crippen molar-refractivity contribution in [1.82, 2.24) is 10.2 Å². The van der Waals surface area contributed by atoms with Gasteiger partial charge < -0.3 is 15.5 Å². The van der Waals surface area contributed by atoms with Gasteiger partial charge in [0.25, 0.3) is 0 Å². The van der Waals surface area contributed by atoms with Crippen molar-refractivity contribution in [2.24, 2.45) is 0 Å². The predicted molar refractivity (Wildman–Crippen MR) is 85.2 cm³/mol. The molecule has 0 aliphatic rings. The second-order valence-corrected chi connectivity index (χ2v) is 5.77. The number of likely N-dealkylation sites (N-methyl/N-ethyl adjacent to an activating group) is 2. The van der Waals surface area contributed by atoms with Gasteiger partial charge in [-0.25, -0.2) is 0 Å². The van der Waals surface area contributed by atoms with Crippen molar-refractivity contribution < 1.29 is 9.59 Å². The minimum absolute atomic E-state index is 0.0556. The number of amides is 2. The van der Waals surface area contributed by atoms with E-state index in [1.807, 2.05) is 45.0 Å². The van der Waals surface area contributed by atoms with Gasteiger partial charge in [-0.1, -0.05) is 19.1 Å². The van der Waals surface area contributed by atoms with Crippen molar-refractivity contribution in [3.05, 3.63) is 29.8 Å². The Balaban J connectivity index is 2.67. The highest BCUT2D eigenvalue weighted by Gasteiger charge is 2.26. The average Bonchev–Trinajstić information content (AvgIpc) is 2.40. The molecule has 0 heterocycles. The molecule has 2 amide bonds. The van der Waals surface area contributed by atoms with Crippen molar-refractivity contribution in [3.8, 4) is 0 Å². The van der Waals surface area contributed by atoms with Crippen LogP contribution in [0.2, 0.25) is 0 Å². The summed E-state index contributed by atoms with van der Waals surface area (Å²) in [4.78, 5) is 25.3. The SMILES string of the molecule is CCNC(C)(C)C(=O)Nc1ccc(CC(=O)N(C)C)cc1. The Morgan fingerprint density at radius 3 is 2.19 bits per heavy atom. The van der Waals surface area contributed by atoms with Gasteiger partial charge in [-0.3, -0.25) is 9.59 Å². The number of hydrogen-bond donors (Lipinski definition) is 2. The van der Waals surface area contributed by atoms with Crippen LogP contribution in [0.3, 0.4) is 0 Å². The molecule has 0 fully saturated rings. The quantitative estimate of drug-likeness (QED) is 0.837. The van der Waals surface area contributed by atoms with Gasteiger partial charge in [-0.2, -0.15) is 0 Å². The summed E-state index contributed by atoms with van der Waals surface area (Å²) in [6, 6.07) is 7.35. The zero-order valence-corrected chi connectivity index (χ0v) is 13.5. The summed E-state index contributed by atoms with van der Waals surface area (Å²) in [6.07, 6.45) is 0.365. The van der Waals surface area contributed by atoms with Crippen molar-refractivity contribution in [3.63, 3.8) is 0 Å². The maximum Gasteiger partial charge on any atom is 0.244 e. The number of hydrogen-bond acceptors (Lipinski definition) is 3. The first-order chi connectivity index (χ1) is 9.76. The molecule has 0 aliphatic carbocycles. The molecule has 1 aromatic carbocycles. The van der Waals surface area contributed by atoms with Gasteiger partial charge in [0.2, 0.25) is 11.8 Å². The standard InChI is InChI=1S/C16H25N3O2/c1-6-17-16(2,3)15(21)18-13-9-7-12(8-10-13)11-14(20)19(4)5/h7-10,17H,6,11H2,1-5H3,(H,18,21). The summed E-state index contributed by atoms with van der Waals surface area (Å²) >= 11 is 0. The lowest BCUT2D eigenvalue weighted by atomic mass is 10.0. The van der Waals surface area contributed by atoms with Crippen molar-refractivity contribution in [2.45, 2.75) is 32.7 Å². The van der Waals surface area contributed by atoms with Gasteiger partial charge in [-0.05, 0) is 38.1 Å². The molecule has 0 unspecified atom stereocenters. The Morgan fingerprint density at radius 1 is 1.14 bits per heavy atom. The minimum Gasteiger partial charge on any atom is -0.349 e. The average molecular weight is 291 g/mol. The van der Waals surface area contributed by atoms with Crippen LogP contribution >= 0.6 is 0 Å². The third-order valence-electron chi connectivity index (χ3n) is 3.25. The summed E-state index contributed by atoms with van der Waals surface area (Å²) in [6.45, 7) is 6.38. The smallest absolute Gasteiger partial charge is 0.244 e. The van der Waals surface area contributed by atoms with E-state index in [0.29, 0.717) is 6.42 Å². The van der Waals surface area contributed by atoms with Gasteiger partial charge in [-0.15, -0.1) is 0 Å². The van der Waals surface area contributed by atoms with Crippen LogP contribution in [0.25, 0.3) is 0 Å². The highest BCUT2D eigenvalue weighted by Crippen LogP contribution is 2.13. The molecule has 5 nitrogen and oxygen atoms in total. The van der Waals surface area contributed by atoms with E-state index in [1.165, 1.54) is 0 Å². The molecular formula is C16H25N3O2. The number of carbonyl (C=O) groups excluding carboxylic acids is 2. The fourth-order valence-corrected chi connectivity index (χ4v) is 1.85. The topological polar surface area (TPSA) is 61.4 Å². The Hall–Kier alpha value is -1.88. The third kappa shape index (κ3) is 5.19. The first-order valence-corrected chi connectivity index (χ1v) is 7.12. The van der Waals surface area contributed by atoms with Gasteiger partial charge in [0.05, 0.1) is 12.0 Å². The van der Waals surface area contributed by atoms with Crippen LogP contribution in [0.4, 0.5) is 5.69 Å². The molecule has 5 heteroatoms. The second kappa shape index (κ2) is 7.22. The molecule has 21 heavy (non-hydrogen) atoms. The molecule has 1 rings (SSSR count). The molecule has 0 saturated carbocycles. The van der Waals surface area contributed by atoms with Gasteiger partial charge >= 0.3 is 0 Å². The van der Waals surface area contributed by atoms with E-state index in [1.54, 1.807) is 19.0 Å². The van der Waals surface area contributed by atoms with E-state index in [0.717, 1.165) is 17.8 Å². The van der Waals surface area contributed by atoms with Crippen LogP contribution in [-0.2, 0) is 16.0 Å². The van der Waals surface area contributed by atoms with Crippen molar-refractivity contribution >= 4 is 17.5 Å². The molecule has 2 N–H and O–H groups in total. The van der Waals surface area contributed by atoms with Gasteiger partial charge in [0.15, 0.2) is 0 Å². The third-order valence-corrected chi connectivity index (χ3v) is 3.25. The Morgan fingerprint density at radius 2 is 1.71 bits per heavy atom. The van der Waals surface area contributed by atoms with Crippen LogP contribution in [0.15, 0.2) is 24.3 Å². The van der Waals surface area contributed by atoms with Gasteiger partial charge in [0.1, 0.15) is 0 Å². The largest absolute Gasteiger partial charge is 0.349 e. The predicted octanol–water partition coefficient (Wildman–Crippen LogP) is 1.64. The van der Waals surface area contributed by atoms with Crippen molar-refractivity contribution in [2.75, 3.05) is 26.0 Å². The Kier molecular flexibility index (Phi) is 5.90. The maximum atomic E-state index is 12.1.